The van der Waals surface area contributed by atoms with Crippen molar-refractivity contribution in [1.29, 1.82) is 0 Å². The van der Waals surface area contributed by atoms with E-state index in [1.165, 1.54) is 18.1 Å². The lowest BCUT2D eigenvalue weighted by atomic mass is 10.1. The topological polar surface area (TPSA) is 52.4 Å². The van der Waals surface area contributed by atoms with Crippen LogP contribution in [0.2, 0.25) is 0 Å². The van der Waals surface area contributed by atoms with Gasteiger partial charge in [-0.15, -0.1) is 0 Å². The number of aryl methyl sites for hydroxylation is 1. The lowest BCUT2D eigenvalue weighted by Crippen LogP contribution is -1.96. The van der Waals surface area contributed by atoms with Gasteiger partial charge in [0, 0.05) is 17.4 Å². The van der Waals surface area contributed by atoms with Crippen LogP contribution in [0.4, 0.5) is 5.69 Å². The second-order valence-corrected chi connectivity index (χ2v) is 3.60. The van der Waals surface area contributed by atoms with Crippen molar-refractivity contribution in [1.82, 2.24) is 0 Å². The van der Waals surface area contributed by atoms with Crippen molar-refractivity contribution in [3.63, 3.8) is 0 Å². The van der Waals surface area contributed by atoms with Crippen LogP contribution in [0.25, 0.3) is 0 Å². The SMILES string of the molecule is COSCCc1ccccc1[N+](=O)[O-]. The maximum absolute atomic E-state index is 10.6. The van der Waals surface area contributed by atoms with Crippen molar-refractivity contribution in [2.24, 2.45) is 0 Å². The Kier molecular flexibility index (Phi) is 4.42. The first-order valence-corrected chi connectivity index (χ1v) is 5.04. The zero-order valence-electron chi connectivity index (χ0n) is 7.80. The first kappa shape index (κ1) is 11.0. The highest BCUT2D eigenvalue weighted by Gasteiger charge is 2.11. The van der Waals surface area contributed by atoms with Crippen LogP contribution in [0.3, 0.4) is 0 Å². The highest BCUT2D eigenvalue weighted by molar-refractivity contribution is 7.94. The van der Waals surface area contributed by atoms with Gasteiger partial charge >= 0.3 is 0 Å². The van der Waals surface area contributed by atoms with Gasteiger partial charge in [-0.2, -0.15) is 0 Å². The molecule has 0 fully saturated rings. The van der Waals surface area contributed by atoms with Gasteiger partial charge in [0.05, 0.1) is 12.0 Å². The molecule has 0 atom stereocenters. The van der Waals surface area contributed by atoms with Gasteiger partial charge in [0.25, 0.3) is 5.69 Å². The van der Waals surface area contributed by atoms with E-state index in [2.05, 4.69) is 0 Å². The monoisotopic (exact) mass is 213 g/mol. The fraction of sp³-hybridized carbons (Fsp3) is 0.333. The average Bonchev–Trinajstić information content (AvgIpc) is 2.19. The molecule has 0 saturated carbocycles. The Hall–Kier alpha value is -1.07. The summed E-state index contributed by atoms with van der Waals surface area (Å²) >= 11 is 1.30. The number of hydrogen-bond acceptors (Lipinski definition) is 4. The normalized spacial score (nSPS) is 10.1. The molecule has 0 amide bonds. The van der Waals surface area contributed by atoms with Crippen molar-refractivity contribution in [2.45, 2.75) is 6.42 Å². The van der Waals surface area contributed by atoms with E-state index in [1.807, 2.05) is 0 Å². The molecule has 4 nitrogen and oxygen atoms in total. The highest BCUT2D eigenvalue weighted by atomic mass is 32.2. The number of para-hydroxylation sites is 1. The van der Waals surface area contributed by atoms with Crippen molar-refractivity contribution in [2.75, 3.05) is 12.9 Å². The van der Waals surface area contributed by atoms with E-state index in [1.54, 1.807) is 25.3 Å². The summed E-state index contributed by atoms with van der Waals surface area (Å²) in [5.74, 6) is 0.724. The molecule has 0 aliphatic carbocycles. The first-order chi connectivity index (χ1) is 6.75. The highest BCUT2D eigenvalue weighted by Crippen LogP contribution is 2.19. The lowest BCUT2D eigenvalue weighted by molar-refractivity contribution is -0.385. The molecule has 0 aromatic heterocycles. The second kappa shape index (κ2) is 5.62. The molecule has 1 aromatic carbocycles. The molecule has 0 N–H and O–H groups in total. The quantitative estimate of drug-likeness (QED) is 0.326. The number of nitro benzene ring substituents is 1. The van der Waals surface area contributed by atoms with Crippen LogP contribution < -0.4 is 0 Å². The van der Waals surface area contributed by atoms with Gasteiger partial charge < -0.3 is 4.18 Å². The van der Waals surface area contributed by atoms with Crippen LogP contribution in [0.15, 0.2) is 24.3 Å². The minimum Gasteiger partial charge on any atom is -0.319 e. The molecular formula is C9H11NO3S. The number of rotatable bonds is 5. The number of nitro groups is 1. The third-order valence-electron chi connectivity index (χ3n) is 1.76. The third-order valence-corrected chi connectivity index (χ3v) is 2.37. The maximum Gasteiger partial charge on any atom is 0.272 e. The summed E-state index contributed by atoms with van der Waals surface area (Å²) in [6.07, 6.45) is 0.648. The van der Waals surface area contributed by atoms with Gasteiger partial charge in [0.2, 0.25) is 0 Å². The predicted octanol–water partition coefficient (Wildman–Crippen LogP) is 2.43. The summed E-state index contributed by atoms with van der Waals surface area (Å²) in [4.78, 5) is 10.3. The molecule has 76 valence electrons. The van der Waals surface area contributed by atoms with Gasteiger partial charge in [-0.3, -0.25) is 10.1 Å². The fourth-order valence-corrected chi connectivity index (χ4v) is 1.61. The molecular weight excluding hydrogens is 202 g/mol. The van der Waals surface area contributed by atoms with Crippen LogP contribution in [0, 0.1) is 10.1 Å². The summed E-state index contributed by atoms with van der Waals surface area (Å²) < 4.78 is 4.81. The largest absolute Gasteiger partial charge is 0.319 e. The van der Waals surface area contributed by atoms with E-state index in [-0.39, 0.29) is 10.6 Å². The predicted molar refractivity (Wildman–Crippen MR) is 56.3 cm³/mol. The Morgan fingerprint density at radius 3 is 2.86 bits per heavy atom. The zero-order chi connectivity index (χ0) is 10.4. The fourth-order valence-electron chi connectivity index (χ4n) is 1.14. The summed E-state index contributed by atoms with van der Waals surface area (Å²) in [5, 5.41) is 10.6. The number of hydrogen-bond donors (Lipinski definition) is 0. The van der Waals surface area contributed by atoms with E-state index < -0.39 is 0 Å². The van der Waals surface area contributed by atoms with Crippen LogP contribution in [-0.2, 0) is 10.6 Å². The number of nitrogens with zero attached hydrogens (tertiary/aromatic N) is 1. The summed E-state index contributed by atoms with van der Waals surface area (Å²) in [5.41, 5.74) is 0.936. The molecule has 0 spiro atoms. The molecule has 0 aliphatic rings. The van der Waals surface area contributed by atoms with Crippen molar-refractivity contribution in [3.8, 4) is 0 Å². The Balaban J connectivity index is 2.69. The van der Waals surface area contributed by atoms with E-state index in [4.69, 9.17) is 4.18 Å². The Morgan fingerprint density at radius 1 is 1.50 bits per heavy atom. The van der Waals surface area contributed by atoms with Crippen molar-refractivity contribution < 1.29 is 9.11 Å². The first-order valence-electron chi connectivity index (χ1n) is 4.13. The van der Waals surface area contributed by atoms with Gasteiger partial charge in [-0.1, -0.05) is 18.2 Å². The lowest BCUT2D eigenvalue weighted by Gasteiger charge is -2.00. The summed E-state index contributed by atoms with van der Waals surface area (Å²) in [6, 6.07) is 6.77. The molecule has 0 bridgehead atoms. The molecule has 0 radical (unpaired) electrons. The smallest absolute Gasteiger partial charge is 0.272 e. The van der Waals surface area contributed by atoms with E-state index in [0.29, 0.717) is 6.42 Å². The molecule has 1 aromatic rings. The van der Waals surface area contributed by atoms with Crippen LogP contribution >= 0.6 is 12.0 Å². The molecule has 1 rings (SSSR count). The van der Waals surface area contributed by atoms with E-state index in [0.717, 1.165) is 11.3 Å². The van der Waals surface area contributed by atoms with E-state index in [9.17, 15) is 10.1 Å². The van der Waals surface area contributed by atoms with Gasteiger partial charge in [-0.25, -0.2) is 0 Å². The van der Waals surface area contributed by atoms with Gasteiger partial charge in [0.15, 0.2) is 0 Å². The van der Waals surface area contributed by atoms with E-state index >= 15 is 0 Å². The van der Waals surface area contributed by atoms with Gasteiger partial charge in [0.1, 0.15) is 0 Å². The molecule has 5 heteroatoms. The standard InChI is InChI=1S/C9H11NO3S/c1-13-14-7-6-8-4-2-3-5-9(8)10(11)12/h2-5H,6-7H2,1H3. The average molecular weight is 213 g/mol. The minimum atomic E-state index is -0.354. The van der Waals surface area contributed by atoms with Crippen molar-refractivity contribution in [3.05, 3.63) is 39.9 Å². The molecule has 14 heavy (non-hydrogen) atoms. The molecule has 0 unspecified atom stereocenters. The Morgan fingerprint density at radius 2 is 2.21 bits per heavy atom. The molecule has 0 heterocycles. The van der Waals surface area contributed by atoms with Crippen LogP contribution in [-0.4, -0.2) is 17.8 Å². The van der Waals surface area contributed by atoms with Crippen LogP contribution in [0.1, 0.15) is 5.56 Å². The number of benzene rings is 1. The Bertz CT molecular complexity index is 317. The minimum absolute atomic E-state index is 0.184. The summed E-state index contributed by atoms with van der Waals surface area (Å²) in [6.45, 7) is 0. The van der Waals surface area contributed by atoms with Gasteiger partial charge in [-0.05, 0) is 18.5 Å². The molecule has 0 saturated heterocycles. The third kappa shape index (κ3) is 3.01. The molecule has 0 aliphatic heterocycles. The van der Waals surface area contributed by atoms with Crippen molar-refractivity contribution >= 4 is 17.7 Å². The zero-order valence-corrected chi connectivity index (χ0v) is 8.62. The summed E-state index contributed by atoms with van der Waals surface area (Å²) in [7, 11) is 1.59. The van der Waals surface area contributed by atoms with Crippen LogP contribution in [0.5, 0.6) is 0 Å². The maximum atomic E-state index is 10.6. The Labute approximate surface area is 86.6 Å². The second-order valence-electron chi connectivity index (χ2n) is 2.62.